The summed E-state index contributed by atoms with van der Waals surface area (Å²) in [7, 11) is 0. The van der Waals surface area contributed by atoms with Gasteiger partial charge in [0.25, 0.3) is 0 Å². The molecule has 0 aliphatic carbocycles. The molecule has 0 spiro atoms. The van der Waals surface area contributed by atoms with Crippen LogP contribution in [-0.4, -0.2) is 39.3 Å². The molecular formula is C19H22N6O2. The van der Waals surface area contributed by atoms with E-state index in [4.69, 9.17) is 10.5 Å². The highest BCUT2D eigenvalue weighted by molar-refractivity contribution is 5.93. The second kappa shape index (κ2) is 8.91. The maximum Gasteiger partial charge on any atom is 0.249 e. The molecule has 8 nitrogen and oxygen atoms in total. The Morgan fingerprint density at radius 3 is 2.56 bits per heavy atom. The molecule has 0 aliphatic heterocycles. The lowest BCUT2D eigenvalue weighted by Gasteiger charge is -2.18. The van der Waals surface area contributed by atoms with Crippen molar-refractivity contribution in [2.75, 3.05) is 18.5 Å². The van der Waals surface area contributed by atoms with Crippen LogP contribution in [0.1, 0.15) is 17.4 Å². The van der Waals surface area contributed by atoms with Crippen LogP contribution in [0.5, 0.6) is 5.75 Å². The summed E-state index contributed by atoms with van der Waals surface area (Å²) < 4.78 is 6.99. The van der Waals surface area contributed by atoms with Gasteiger partial charge in [0.15, 0.2) is 0 Å². The van der Waals surface area contributed by atoms with Gasteiger partial charge >= 0.3 is 0 Å². The fourth-order valence-corrected chi connectivity index (χ4v) is 2.69. The normalized spacial score (nSPS) is 11.8. The van der Waals surface area contributed by atoms with Crippen molar-refractivity contribution in [3.63, 3.8) is 0 Å². The van der Waals surface area contributed by atoms with Gasteiger partial charge < -0.3 is 15.8 Å². The van der Waals surface area contributed by atoms with Crippen molar-refractivity contribution in [3.05, 3.63) is 66.0 Å². The topological polar surface area (TPSA) is 108 Å². The Balaban J connectivity index is 1.75. The Labute approximate surface area is 157 Å². The number of tetrazole rings is 1. The van der Waals surface area contributed by atoms with Crippen LogP contribution in [-0.2, 0) is 11.2 Å². The van der Waals surface area contributed by atoms with Crippen LogP contribution in [0, 0.1) is 6.92 Å². The number of nitrogens with one attached hydrogen (secondary N) is 1. The Kier molecular flexibility index (Phi) is 6.11. The molecule has 1 aromatic heterocycles. The molecule has 0 radical (unpaired) electrons. The number of amides is 1. The number of hydrogen-bond acceptors (Lipinski definition) is 6. The molecule has 0 fully saturated rings. The number of nitrogens with zero attached hydrogens (tertiary/aromatic N) is 4. The molecule has 3 aromatic rings. The molecule has 0 saturated heterocycles. The van der Waals surface area contributed by atoms with Crippen LogP contribution in [0.4, 0.5) is 5.69 Å². The predicted molar refractivity (Wildman–Crippen MR) is 101 cm³/mol. The summed E-state index contributed by atoms with van der Waals surface area (Å²) in [4.78, 5) is 12.9. The smallest absolute Gasteiger partial charge is 0.249 e. The molecule has 1 amide bonds. The zero-order chi connectivity index (χ0) is 19.1. The lowest BCUT2D eigenvalue weighted by atomic mass is 10.1. The number of aromatic nitrogens is 4. The van der Waals surface area contributed by atoms with Gasteiger partial charge in [0.2, 0.25) is 5.91 Å². The van der Waals surface area contributed by atoms with E-state index in [-0.39, 0.29) is 5.91 Å². The number of nitrogens with two attached hydrogens (primary N) is 1. The van der Waals surface area contributed by atoms with E-state index in [0.29, 0.717) is 36.8 Å². The van der Waals surface area contributed by atoms with Gasteiger partial charge in [-0.3, -0.25) is 4.79 Å². The van der Waals surface area contributed by atoms with Gasteiger partial charge in [-0.05, 0) is 47.2 Å². The standard InChI is InChI=1S/C19H22N6O2/c1-14-22-23-24-25(14)18(13-15-5-3-2-4-6-15)19(26)21-16-7-9-17(10-8-16)27-12-11-20/h2-10,18H,11-13,20H2,1H3,(H,21,26). The SMILES string of the molecule is Cc1nnnn1C(Cc1ccccc1)C(=O)Nc1ccc(OCCN)cc1. The van der Waals surface area contributed by atoms with E-state index in [1.165, 1.54) is 0 Å². The van der Waals surface area contributed by atoms with E-state index < -0.39 is 6.04 Å². The second-order valence-electron chi connectivity index (χ2n) is 6.03. The number of aryl methyl sites for hydroxylation is 1. The van der Waals surface area contributed by atoms with Crippen LogP contribution < -0.4 is 15.8 Å². The first-order chi connectivity index (χ1) is 13.2. The van der Waals surface area contributed by atoms with Gasteiger partial charge in [-0.2, -0.15) is 0 Å². The number of rotatable bonds is 8. The number of hydrogen-bond donors (Lipinski definition) is 2. The van der Waals surface area contributed by atoms with Gasteiger partial charge in [-0.15, -0.1) is 5.10 Å². The highest BCUT2D eigenvalue weighted by Crippen LogP contribution is 2.20. The lowest BCUT2D eigenvalue weighted by molar-refractivity contribution is -0.119. The summed E-state index contributed by atoms with van der Waals surface area (Å²) in [6.45, 7) is 2.67. The fourth-order valence-electron chi connectivity index (χ4n) is 2.69. The molecule has 27 heavy (non-hydrogen) atoms. The Hall–Kier alpha value is -3.26. The summed E-state index contributed by atoms with van der Waals surface area (Å²) in [5, 5.41) is 14.5. The van der Waals surface area contributed by atoms with Gasteiger partial charge in [0.05, 0.1) is 0 Å². The van der Waals surface area contributed by atoms with Crippen LogP contribution >= 0.6 is 0 Å². The predicted octanol–water partition coefficient (Wildman–Crippen LogP) is 1.74. The minimum absolute atomic E-state index is 0.190. The van der Waals surface area contributed by atoms with Gasteiger partial charge in [-0.1, -0.05) is 30.3 Å². The van der Waals surface area contributed by atoms with E-state index >= 15 is 0 Å². The van der Waals surface area contributed by atoms with Crippen molar-refractivity contribution in [1.29, 1.82) is 0 Å². The average Bonchev–Trinajstić information content (AvgIpc) is 3.12. The Bertz CT molecular complexity index is 863. The molecular weight excluding hydrogens is 344 g/mol. The van der Waals surface area contributed by atoms with Crippen molar-refractivity contribution in [2.45, 2.75) is 19.4 Å². The molecule has 0 aliphatic rings. The van der Waals surface area contributed by atoms with Gasteiger partial charge in [0, 0.05) is 18.7 Å². The van der Waals surface area contributed by atoms with E-state index in [1.54, 1.807) is 35.9 Å². The summed E-state index contributed by atoms with van der Waals surface area (Å²) >= 11 is 0. The number of ether oxygens (including phenoxy) is 1. The first-order valence-corrected chi connectivity index (χ1v) is 8.69. The maximum atomic E-state index is 12.9. The van der Waals surface area contributed by atoms with Crippen LogP contribution in [0.2, 0.25) is 0 Å². The summed E-state index contributed by atoms with van der Waals surface area (Å²) in [6, 6.07) is 16.4. The Morgan fingerprint density at radius 2 is 1.93 bits per heavy atom. The zero-order valence-corrected chi connectivity index (χ0v) is 15.1. The highest BCUT2D eigenvalue weighted by Gasteiger charge is 2.24. The fraction of sp³-hybridized carbons (Fsp3) is 0.263. The van der Waals surface area contributed by atoms with E-state index in [1.807, 2.05) is 30.3 Å². The lowest BCUT2D eigenvalue weighted by Crippen LogP contribution is -2.29. The third kappa shape index (κ3) is 4.89. The molecule has 1 atom stereocenters. The largest absolute Gasteiger partial charge is 0.492 e. The van der Waals surface area contributed by atoms with E-state index in [9.17, 15) is 4.79 Å². The van der Waals surface area contributed by atoms with Crippen LogP contribution in [0.15, 0.2) is 54.6 Å². The second-order valence-corrected chi connectivity index (χ2v) is 6.03. The number of anilines is 1. The third-order valence-electron chi connectivity index (χ3n) is 4.04. The minimum atomic E-state index is -0.560. The number of carbonyl (C=O) groups excluding carboxylic acids is 1. The molecule has 3 rings (SSSR count). The van der Waals surface area contributed by atoms with Crippen molar-refractivity contribution >= 4 is 11.6 Å². The highest BCUT2D eigenvalue weighted by atomic mass is 16.5. The minimum Gasteiger partial charge on any atom is -0.492 e. The number of carbonyl (C=O) groups is 1. The number of benzene rings is 2. The quantitative estimate of drug-likeness (QED) is 0.629. The Morgan fingerprint density at radius 1 is 1.19 bits per heavy atom. The summed E-state index contributed by atoms with van der Waals surface area (Å²) in [5.74, 6) is 1.09. The van der Waals surface area contributed by atoms with Crippen molar-refractivity contribution in [3.8, 4) is 5.75 Å². The molecule has 1 unspecified atom stereocenters. The van der Waals surface area contributed by atoms with Crippen LogP contribution in [0.3, 0.4) is 0 Å². The summed E-state index contributed by atoms with van der Waals surface area (Å²) in [5.41, 5.74) is 7.12. The van der Waals surface area contributed by atoms with Gasteiger partial charge in [-0.25, -0.2) is 4.68 Å². The van der Waals surface area contributed by atoms with E-state index in [2.05, 4.69) is 20.8 Å². The van der Waals surface area contributed by atoms with Crippen molar-refractivity contribution < 1.29 is 9.53 Å². The molecule has 3 N–H and O–H groups in total. The first-order valence-electron chi connectivity index (χ1n) is 8.69. The summed E-state index contributed by atoms with van der Waals surface area (Å²) in [6.07, 6.45) is 0.482. The van der Waals surface area contributed by atoms with Crippen LogP contribution in [0.25, 0.3) is 0 Å². The molecule has 0 bridgehead atoms. The molecule has 0 saturated carbocycles. The van der Waals surface area contributed by atoms with Gasteiger partial charge in [0.1, 0.15) is 24.2 Å². The molecule has 1 heterocycles. The third-order valence-corrected chi connectivity index (χ3v) is 4.04. The molecule has 8 heteroatoms. The molecule has 140 valence electrons. The van der Waals surface area contributed by atoms with Crippen molar-refractivity contribution in [2.24, 2.45) is 5.73 Å². The monoisotopic (exact) mass is 366 g/mol. The van der Waals surface area contributed by atoms with Crippen molar-refractivity contribution in [1.82, 2.24) is 20.2 Å². The zero-order valence-electron chi connectivity index (χ0n) is 15.1. The average molecular weight is 366 g/mol. The molecule has 2 aromatic carbocycles. The maximum absolute atomic E-state index is 12.9. The van der Waals surface area contributed by atoms with E-state index in [0.717, 1.165) is 5.56 Å². The first kappa shape index (κ1) is 18.5.